The van der Waals surface area contributed by atoms with E-state index in [1.54, 1.807) is 17.7 Å². The summed E-state index contributed by atoms with van der Waals surface area (Å²) in [5.74, 6) is 0.491. The largest absolute Gasteiger partial charge is 0.296 e. The highest BCUT2D eigenvalue weighted by molar-refractivity contribution is 7.99. The van der Waals surface area contributed by atoms with Crippen molar-refractivity contribution in [2.75, 3.05) is 12.4 Å². The summed E-state index contributed by atoms with van der Waals surface area (Å²) in [6.45, 7) is -0.297. The molecule has 0 bridgehead atoms. The van der Waals surface area contributed by atoms with Crippen LogP contribution in [-0.2, 0) is 0 Å². The van der Waals surface area contributed by atoms with Crippen LogP contribution in [0.2, 0.25) is 0 Å². The summed E-state index contributed by atoms with van der Waals surface area (Å²) in [6, 6.07) is 0. The van der Waals surface area contributed by atoms with E-state index in [1.807, 2.05) is 16.0 Å². The van der Waals surface area contributed by atoms with Crippen LogP contribution in [-0.4, -0.2) is 21.8 Å². The maximum Gasteiger partial charge on any atom is 0.133 e. The first kappa shape index (κ1) is 8.07. The van der Waals surface area contributed by atoms with E-state index in [4.69, 9.17) is 0 Å². The molecule has 0 saturated heterocycles. The molecule has 2 aromatic rings. The molecule has 12 heavy (non-hydrogen) atoms. The molecule has 0 saturated carbocycles. The third kappa shape index (κ3) is 1.34. The average molecular weight is 202 g/mol. The van der Waals surface area contributed by atoms with Crippen LogP contribution < -0.4 is 0 Å². The summed E-state index contributed by atoms with van der Waals surface area (Å²) in [6.07, 6.45) is 3.71. The first-order valence-corrected chi connectivity index (χ1v) is 5.37. The molecule has 2 rings (SSSR count). The monoisotopic (exact) mass is 202 g/mol. The van der Waals surface area contributed by atoms with E-state index in [-0.39, 0.29) is 6.67 Å². The molecular weight excluding hydrogens is 195 g/mol. The summed E-state index contributed by atoms with van der Waals surface area (Å²) in [7, 11) is 0. The zero-order valence-electron chi connectivity index (χ0n) is 6.24. The van der Waals surface area contributed by atoms with Crippen molar-refractivity contribution in [2.24, 2.45) is 0 Å². The van der Waals surface area contributed by atoms with Gasteiger partial charge in [0.25, 0.3) is 0 Å². The molecule has 2 nitrogen and oxygen atoms in total. The van der Waals surface area contributed by atoms with Crippen molar-refractivity contribution in [1.82, 2.24) is 9.38 Å². The lowest BCUT2D eigenvalue weighted by atomic mass is 10.9. The van der Waals surface area contributed by atoms with Crippen LogP contribution in [0.3, 0.4) is 0 Å². The van der Waals surface area contributed by atoms with Gasteiger partial charge < -0.3 is 0 Å². The Labute approximate surface area is 77.4 Å². The predicted molar refractivity (Wildman–Crippen MR) is 49.8 cm³/mol. The van der Waals surface area contributed by atoms with Gasteiger partial charge in [0.2, 0.25) is 0 Å². The molecule has 2 aromatic heterocycles. The second-order valence-electron chi connectivity index (χ2n) is 2.20. The quantitative estimate of drug-likeness (QED) is 0.711. The molecule has 0 aliphatic carbocycles. The maximum atomic E-state index is 11.9. The lowest BCUT2D eigenvalue weighted by Crippen LogP contribution is -1.79. The van der Waals surface area contributed by atoms with Crippen molar-refractivity contribution in [3.05, 3.63) is 17.9 Å². The fourth-order valence-corrected chi connectivity index (χ4v) is 2.59. The van der Waals surface area contributed by atoms with Gasteiger partial charge in [-0.05, 0) is 0 Å². The summed E-state index contributed by atoms with van der Waals surface area (Å²) in [5, 5.41) is 2.93. The molecule has 0 radical (unpaired) electrons. The molecular formula is C7H7FN2S2. The van der Waals surface area contributed by atoms with Crippen molar-refractivity contribution in [3.8, 4) is 0 Å². The maximum absolute atomic E-state index is 11.9. The Morgan fingerprint density at radius 3 is 3.42 bits per heavy atom. The number of alkyl halides is 1. The summed E-state index contributed by atoms with van der Waals surface area (Å²) in [5.41, 5.74) is 0. The van der Waals surface area contributed by atoms with Crippen LogP contribution in [0, 0.1) is 0 Å². The van der Waals surface area contributed by atoms with E-state index >= 15 is 0 Å². The number of nitrogens with zero attached hydrogens (tertiary/aromatic N) is 2. The molecule has 64 valence electrons. The average Bonchev–Trinajstić information content (AvgIpc) is 2.62. The normalized spacial score (nSPS) is 11.1. The van der Waals surface area contributed by atoms with E-state index in [0.29, 0.717) is 5.75 Å². The van der Waals surface area contributed by atoms with Gasteiger partial charge in [-0.3, -0.25) is 8.79 Å². The van der Waals surface area contributed by atoms with Crippen LogP contribution >= 0.6 is 23.1 Å². The number of aromatic nitrogens is 2. The second-order valence-corrected chi connectivity index (χ2v) is 4.18. The fourth-order valence-electron chi connectivity index (χ4n) is 0.945. The third-order valence-corrected chi connectivity index (χ3v) is 3.38. The van der Waals surface area contributed by atoms with Crippen molar-refractivity contribution >= 4 is 27.9 Å². The van der Waals surface area contributed by atoms with Crippen molar-refractivity contribution in [1.29, 1.82) is 0 Å². The Morgan fingerprint density at radius 2 is 2.58 bits per heavy atom. The van der Waals surface area contributed by atoms with Crippen LogP contribution in [0.25, 0.3) is 4.83 Å². The number of hydrogen-bond donors (Lipinski definition) is 0. The summed E-state index contributed by atoms with van der Waals surface area (Å²) < 4.78 is 13.8. The number of hydrogen-bond acceptors (Lipinski definition) is 3. The standard InChI is InChI=1S/C7H7FN2S2/c8-1-3-11-6-7-10(5-9-6)2-4-12-7/h2,4-5H,1,3H2. The zero-order valence-corrected chi connectivity index (χ0v) is 7.87. The van der Waals surface area contributed by atoms with Crippen LogP contribution in [0.1, 0.15) is 0 Å². The highest BCUT2D eigenvalue weighted by atomic mass is 32.2. The van der Waals surface area contributed by atoms with Gasteiger partial charge in [0.05, 0.1) is 6.67 Å². The molecule has 0 aromatic carbocycles. The van der Waals surface area contributed by atoms with Crippen molar-refractivity contribution in [3.63, 3.8) is 0 Å². The molecule has 0 unspecified atom stereocenters. The van der Waals surface area contributed by atoms with Gasteiger partial charge in [-0.2, -0.15) is 0 Å². The minimum atomic E-state index is -0.297. The van der Waals surface area contributed by atoms with Gasteiger partial charge in [-0.15, -0.1) is 23.1 Å². The second kappa shape index (κ2) is 3.45. The molecule has 0 aliphatic heterocycles. The number of halogens is 1. The highest BCUT2D eigenvalue weighted by Crippen LogP contribution is 2.25. The molecule has 2 heterocycles. The van der Waals surface area contributed by atoms with E-state index in [1.165, 1.54) is 11.8 Å². The topological polar surface area (TPSA) is 17.3 Å². The Morgan fingerprint density at radius 1 is 1.67 bits per heavy atom. The van der Waals surface area contributed by atoms with Crippen LogP contribution in [0.4, 0.5) is 4.39 Å². The van der Waals surface area contributed by atoms with Crippen molar-refractivity contribution in [2.45, 2.75) is 5.03 Å². The van der Waals surface area contributed by atoms with E-state index < -0.39 is 0 Å². The third-order valence-electron chi connectivity index (χ3n) is 1.43. The van der Waals surface area contributed by atoms with Crippen molar-refractivity contribution < 1.29 is 4.39 Å². The van der Waals surface area contributed by atoms with E-state index in [9.17, 15) is 4.39 Å². The molecule has 0 aliphatic rings. The Kier molecular flexibility index (Phi) is 2.32. The first-order valence-electron chi connectivity index (χ1n) is 3.51. The predicted octanol–water partition coefficient (Wildman–Crippen LogP) is 2.46. The molecule has 0 atom stereocenters. The SMILES string of the molecule is FCCSc1ncn2ccsc12. The Balaban J connectivity index is 2.28. The van der Waals surface area contributed by atoms with Gasteiger partial charge in [-0.25, -0.2) is 4.98 Å². The minimum absolute atomic E-state index is 0.297. The van der Waals surface area contributed by atoms with Gasteiger partial charge in [0.15, 0.2) is 0 Å². The molecule has 0 amide bonds. The number of imidazole rings is 1. The highest BCUT2D eigenvalue weighted by Gasteiger charge is 2.04. The van der Waals surface area contributed by atoms with Gasteiger partial charge in [0, 0.05) is 17.3 Å². The van der Waals surface area contributed by atoms with Crippen LogP contribution in [0.5, 0.6) is 0 Å². The fraction of sp³-hybridized carbons (Fsp3) is 0.286. The number of rotatable bonds is 3. The zero-order chi connectivity index (χ0) is 8.39. The van der Waals surface area contributed by atoms with Gasteiger partial charge >= 0.3 is 0 Å². The molecule has 0 fully saturated rings. The first-order chi connectivity index (χ1) is 5.92. The molecule has 0 spiro atoms. The summed E-state index contributed by atoms with van der Waals surface area (Å²) in [4.78, 5) is 5.27. The van der Waals surface area contributed by atoms with Crippen LogP contribution in [0.15, 0.2) is 22.9 Å². The Hall–Kier alpha value is -0.550. The minimum Gasteiger partial charge on any atom is -0.296 e. The van der Waals surface area contributed by atoms with Gasteiger partial charge in [0.1, 0.15) is 16.2 Å². The van der Waals surface area contributed by atoms with Gasteiger partial charge in [-0.1, -0.05) is 0 Å². The Bertz CT molecular complexity index is 368. The number of thiazole rings is 1. The van der Waals surface area contributed by atoms with E-state index in [2.05, 4.69) is 4.98 Å². The lowest BCUT2D eigenvalue weighted by Gasteiger charge is -1.90. The van der Waals surface area contributed by atoms with E-state index in [0.717, 1.165) is 9.86 Å². The number of thioether (sulfide) groups is 1. The smallest absolute Gasteiger partial charge is 0.133 e. The summed E-state index contributed by atoms with van der Waals surface area (Å²) >= 11 is 3.09. The lowest BCUT2D eigenvalue weighted by molar-refractivity contribution is 0.533. The molecule has 5 heteroatoms. The number of fused-ring (bicyclic) bond motifs is 1. The molecule has 0 N–H and O–H groups in total.